The van der Waals surface area contributed by atoms with Crippen LogP contribution in [0.15, 0.2) is 29.4 Å². The van der Waals surface area contributed by atoms with Gasteiger partial charge in [-0.2, -0.15) is 15.6 Å². The third kappa shape index (κ3) is 3.74. The molecule has 0 spiro atoms. The monoisotopic (exact) mass is 297 g/mol. The molecule has 0 saturated carbocycles. The second-order valence-electron chi connectivity index (χ2n) is 4.94. The van der Waals surface area contributed by atoms with Crippen LogP contribution in [-0.2, 0) is 4.79 Å². The van der Waals surface area contributed by atoms with Gasteiger partial charge in [-0.05, 0) is 37.1 Å². The Hall–Kier alpha value is -3.06. The van der Waals surface area contributed by atoms with Crippen molar-refractivity contribution in [3.05, 3.63) is 24.3 Å². The highest BCUT2D eigenvalue weighted by molar-refractivity contribution is 6.10. The molecule has 1 aliphatic heterocycles. The molecule has 22 heavy (non-hydrogen) atoms. The van der Waals surface area contributed by atoms with Gasteiger partial charge in [-0.3, -0.25) is 10.2 Å². The lowest BCUT2D eigenvalue weighted by molar-refractivity contribution is -0.142. The number of hydrazone groups is 1. The first-order valence-electron chi connectivity index (χ1n) is 6.85. The van der Waals surface area contributed by atoms with E-state index in [1.54, 1.807) is 24.3 Å². The maximum atomic E-state index is 10.9. The van der Waals surface area contributed by atoms with Crippen molar-refractivity contribution in [2.24, 2.45) is 11.0 Å². The Morgan fingerprint density at radius 3 is 2.32 bits per heavy atom. The van der Waals surface area contributed by atoms with Crippen molar-refractivity contribution in [2.45, 2.75) is 12.8 Å². The third-order valence-electron chi connectivity index (χ3n) is 3.59. The van der Waals surface area contributed by atoms with Gasteiger partial charge in [0.15, 0.2) is 0 Å². The summed E-state index contributed by atoms with van der Waals surface area (Å²) in [5.41, 5.74) is 4.10. The first-order valence-corrected chi connectivity index (χ1v) is 6.85. The quantitative estimate of drug-likeness (QED) is 0.647. The number of piperidine rings is 1. The molecule has 0 bridgehead atoms. The van der Waals surface area contributed by atoms with Crippen molar-refractivity contribution in [3.8, 4) is 12.1 Å². The Morgan fingerprint density at radius 1 is 1.23 bits per heavy atom. The van der Waals surface area contributed by atoms with E-state index < -0.39 is 5.97 Å². The lowest BCUT2D eigenvalue weighted by Gasteiger charge is -2.32. The second-order valence-corrected chi connectivity index (χ2v) is 4.94. The number of carboxylic acid groups (broad SMARTS) is 1. The van der Waals surface area contributed by atoms with E-state index in [0.717, 1.165) is 18.8 Å². The summed E-state index contributed by atoms with van der Waals surface area (Å²) in [4.78, 5) is 13.1. The zero-order valence-electron chi connectivity index (χ0n) is 11.9. The smallest absolute Gasteiger partial charge is 0.306 e. The van der Waals surface area contributed by atoms with Gasteiger partial charge in [-0.1, -0.05) is 0 Å². The first-order chi connectivity index (χ1) is 10.6. The van der Waals surface area contributed by atoms with Gasteiger partial charge in [-0.15, -0.1) is 0 Å². The van der Waals surface area contributed by atoms with Crippen molar-refractivity contribution < 1.29 is 9.90 Å². The lowest BCUT2D eigenvalue weighted by atomic mass is 9.97. The molecule has 7 heteroatoms. The van der Waals surface area contributed by atoms with Gasteiger partial charge in [0.2, 0.25) is 5.71 Å². The number of aliphatic carboxylic acids is 1. The van der Waals surface area contributed by atoms with Crippen molar-refractivity contribution in [3.63, 3.8) is 0 Å². The molecule has 7 nitrogen and oxygen atoms in total. The number of nitriles is 2. The van der Waals surface area contributed by atoms with Crippen LogP contribution in [0.3, 0.4) is 0 Å². The molecule has 0 atom stereocenters. The molecule has 0 radical (unpaired) electrons. The number of carbonyl (C=O) groups is 1. The highest BCUT2D eigenvalue weighted by atomic mass is 16.4. The normalized spacial score (nSPS) is 14.5. The molecule has 1 fully saturated rings. The molecule has 2 N–H and O–H groups in total. The predicted octanol–water partition coefficient (Wildman–Crippen LogP) is 1.80. The summed E-state index contributed by atoms with van der Waals surface area (Å²) in [5.74, 6) is -0.968. The summed E-state index contributed by atoms with van der Waals surface area (Å²) in [6.45, 7) is 1.43. The average Bonchev–Trinajstić information content (AvgIpc) is 2.56. The molecular weight excluding hydrogens is 282 g/mol. The number of hydrogen-bond donors (Lipinski definition) is 2. The number of rotatable bonds is 4. The number of anilines is 2. The maximum absolute atomic E-state index is 10.9. The van der Waals surface area contributed by atoms with Crippen LogP contribution in [0.2, 0.25) is 0 Å². The Morgan fingerprint density at radius 2 is 1.82 bits per heavy atom. The minimum Gasteiger partial charge on any atom is -0.481 e. The molecule has 1 aliphatic rings. The van der Waals surface area contributed by atoms with E-state index in [0.29, 0.717) is 18.5 Å². The molecule has 0 aromatic heterocycles. The van der Waals surface area contributed by atoms with Crippen LogP contribution in [-0.4, -0.2) is 29.9 Å². The zero-order valence-corrected chi connectivity index (χ0v) is 11.9. The first kappa shape index (κ1) is 15.3. The zero-order chi connectivity index (χ0) is 15.9. The molecular formula is C15H15N5O2. The standard InChI is InChI=1S/C15H15N5O2/c16-9-13(10-17)19-18-12-1-3-14(4-2-12)20-7-5-11(6-8-20)15(21)22/h1-4,11,18H,5-8H2,(H,21,22). The fourth-order valence-electron chi connectivity index (χ4n) is 2.33. The average molecular weight is 297 g/mol. The summed E-state index contributed by atoms with van der Waals surface area (Å²) in [6, 6.07) is 10.7. The van der Waals surface area contributed by atoms with E-state index in [9.17, 15) is 4.79 Å². The van der Waals surface area contributed by atoms with E-state index >= 15 is 0 Å². The highest BCUT2D eigenvalue weighted by Gasteiger charge is 2.24. The minimum atomic E-state index is -0.720. The topological polar surface area (TPSA) is 113 Å². The molecule has 0 amide bonds. The fraction of sp³-hybridized carbons (Fsp3) is 0.333. The molecule has 0 aliphatic carbocycles. The van der Waals surface area contributed by atoms with Gasteiger partial charge in [0.1, 0.15) is 12.1 Å². The fourth-order valence-corrected chi connectivity index (χ4v) is 2.33. The van der Waals surface area contributed by atoms with E-state index in [1.165, 1.54) is 0 Å². The van der Waals surface area contributed by atoms with Crippen LogP contribution in [0.1, 0.15) is 12.8 Å². The summed E-state index contributed by atoms with van der Waals surface area (Å²) in [5, 5.41) is 29.8. The molecule has 1 heterocycles. The number of nitrogens with zero attached hydrogens (tertiary/aromatic N) is 4. The molecule has 0 unspecified atom stereocenters. The summed E-state index contributed by atoms with van der Waals surface area (Å²) in [6.07, 6.45) is 1.29. The van der Waals surface area contributed by atoms with Gasteiger partial charge in [-0.25, -0.2) is 0 Å². The van der Waals surface area contributed by atoms with E-state index in [2.05, 4.69) is 15.4 Å². The highest BCUT2D eigenvalue weighted by Crippen LogP contribution is 2.24. The number of carboxylic acids is 1. The Bertz CT molecular complexity index is 630. The Balaban J connectivity index is 1.96. The second kappa shape index (κ2) is 7.09. The van der Waals surface area contributed by atoms with Crippen molar-refractivity contribution in [1.29, 1.82) is 10.5 Å². The third-order valence-corrected chi connectivity index (χ3v) is 3.59. The summed E-state index contributed by atoms with van der Waals surface area (Å²) < 4.78 is 0. The molecule has 1 saturated heterocycles. The van der Waals surface area contributed by atoms with Crippen LogP contribution < -0.4 is 10.3 Å². The number of hydrogen-bond acceptors (Lipinski definition) is 6. The van der Waals surface area contributed by atoms with E-state index in [1.807, 2.05) is 12.1 Å². The Labute approximate surface area is 128 Å². The largest absolute Gasteiger partial charge is 0.481 e. The van der Waals surface area contributed by atoms with Gasteiger partial charge < -0.3 is 10.0 Å². The van der Waals surface area contributed by atoms with Gasteiger partial charge in [0, 0.05) is 18.8 Å². The van der Waals surface area contributed by atoms with Crippen molar-refractivity contribution in [2.75, 3.05) is 23.4 Å². The predicted molar refractivity (Wildman–Crippen MR) is 81.3 cm³/mol. The van der Waals surface area contributed by atoms with Crippen LogP contribution >= 0.6 is 0 Å². The van der Waals surface area contributed by atoms with Crippen LogP contribution in [0.25, 0.3) is 0 Å². The minimum absolute atomic E-state index is 0.236. The van der Waals surface area contributed by atoms with E-state index in [-0.39, 0.29) is 11.6 Å². The van der Waals surface area contributed by atoms with Gasteiger partial charge >= 0.3 is 5.97 Å². The Kier molecular flexibility index (Phi) is 4.94. The number of nitrogens with one attached hydrogen (secondary N) is 1. The van der Waals surface area contributed by atoms with E-state index in [4.69, 9.17) is 15.6 Å². The van der Waals surface area contributed by atoms with Crippen LogP contribution in [0.5, 0.6) is 0 Å². The molecule has 1 aromatic carbocycles. The molecule has 112 valence electrons. The summed E-state index contributed by atoms with van der Waals surface area (Å²) >= 11 is 0. The van der Waals surface area contributed by atoms with Crippen molar-refractivity contribution in [1.82, 2.24) is 0 Å². The number of benzene rings is 1. The maximum Gasteiger partial charge on any atom is 0.306 e. The van der Waals surface area contributed by atoms with Crippen LogP contribution in [0.4, 0.5) is 11.4 Å². The SMILES string of the molecule is N#CC(C#N)=NNc1ccc(N2CCC(C(=O)O)CC2)cc1. The van der Waals surface area contributed by atoms with Crippen LogP contribution in [0, 0.1) is 28.6 Å². The van der Waals surface area contributed by atoms with Crippen molar-refractivity contribution >= 4 is 23.1 Å². The van der Waals surface area contributed by atoms with Gasteiger partial charge in [0.05, 0.1) is 11.6 Å². The van der Waals surface area contributed by atoms with Gasteiger partial charge in [0.25, 0.3) is 0 Å². The summed E-state index contributed by atoms with van der Waals surface area (Å²) in [7, 11) is 0. The lowest BCUT2D eigenvalue weighted by Crippen LogP contribution is -2.36. The molecule has 1 aromatic rings. The molecule has 2 rings (SSSR count).